The Morgan fingerprint density at radius 1 is 0.962 bits per heavy atom. The molecule has 0 spiro atoms. The summed E-state index contributed by atoms with van der Waals surface area (Å²) in [5.41, 5.74) is 2.59. The van der Waals surface area contributed by atoms with Crippen LogP contribution in [0.4, 0.5) is 5.69 Å². The first-order chi connectivity index (χ1) is 12.9. The van der Waals surface area contributed by atoms with Gasteiger partial charge in [0.2, 0.25) is 0 Å². The highest BCUT2D eigenvalue weighted by atomic mass is 15.2. The van der Waals surface area contributed by atoms with Crippen LogP contribution >= 0.6 is 0 Å². The topological polar surface area (TPSA) is 28.2 Å². The van der Waals surface area contributed by atoms with Gasteiger partial charge in [0.1, 0.15) is 0 Å². The third kappa shape index (κ3) is 2.97. The van der Waals surface area contributed by atoms with Crippen molar-refractivity contribution < 1.29 is 0 Å². The second-order valence-corrected chi connectivity index (χ2v) is 7.74. The van der Waals surface area contributed by atoms with Gasteiger partial charge in [-0.25, -0.2) is 0 Å². The van der Waals surface area contributed by atoms with Crippen molar-refractivity contribution in [3.05, 3.63) is 72.6 Å². The van der Waals surface area contributed by atoms with Crippen LogP contribution in [0.2, 0.25) is 0 Å². The quantitative estimate of drug-likeness (QED) is 0.763. The smallest absolute Gasteiger partial charge is 0.0449 e. The summed E-state index contributed by atoms with van der Waals surface area (Å²) >= 11 is 0. The van der Waals surface area contributed by atoms with Crippen LogP contribution in [-0.2, 0) is 6.42 Å². The van der Waals surface area contributed by atoms with Crippen LogP contribution in [0.1, 0.15) is 18.4 Å². The van der Waals surface area contributed by atoms with Gasteiger partial charge in [-0.05, 0) is 72.8 Å². The predicted octanol–water partition coefficient (Wildman–Crippen LogP) is 4.35. The van der Waals surface area contributed by atoms with Crippen molar-refractivity contribution in [1.82, 2.24) is 9.88 Å². The number of nitrogens with zero attached hydrogens (tertiary/aromatic N) is 2. The molecule has 3 aliphatic heterocycles. The van der Waals surface area contributed by atoms with Crippen molar-refractivity contribution in [3.63, 3.8) is 0 Å². The molecule has 3 aliphatic rings. The highest BCUT2D eigenvalue weighted by molar-refractivity contribution is 5.85. The lowest BCUT2D eigenvalue weighted by atomic mass is 9.76. The average molecular weight is 343 g/mol. The standard InChI is InChI=1S/C23H25N3/c1-2-6-20-15-21(8-7-18(20)5-1)25-23-19-9-12-26(13-10-19)22(23)14-17-4-3-11-24-16-17/h1-8,11,15-16,19,22-23,25H,9-10,12-14H2. The van der Waals surface area contributed by atoms with E-state index >= 15 is 0 Å². The van der Waals surface area contributed by atoms with E-state index in [0.717, 1.165) is 12.3 Å². The molecule has 132 valence electrons. The number of benzene rings is 2. The highest BCUT2D eigenvalue weighted by Crippen LogP contribution is 2.36. The van der Waals surface area contributed by atoms with Gasteiger partial charge < -0.3 is 5.32 Å². The van der Waals surface area contributed by atoms with E-state index in [9.17, 15) is 0 Å². The lowest BCUT2D eigenvalue weighted by Crippen LogP contribution is -2.61. The van der Waals surface area contributed by atoms with Gasteiger partial charge in [-0.15, -0.1) is 0 Å². The molecule has 3 fully saturated rings. The number of rotatable bonds is 4. The molecule has 6 rings (SSSR count). The van der Waals surface area contributed by atoms with Gasteiger partial charge in [0.05, 0.1) is 0 Å². The van der Waals surface area contributed by atoms with Crippen LogP contribution in [0.15, 0.2) is 67.0 Å². The largest absolute Gasteiger partial charge is 0.380 e. The van der Waals surface area contributed by atoms with Gasteiger partial charge in [0.25, 0.3) is 0 Å². The number of hydrogen-bond donors (Lipinski definition) is 1. The van der Waals surface area contributed by atoms with Gasteiger partial charge in [-0.2, -0.15) is 0 Å². The van der Waals surface area contributed by atoms with Gasteiger partial charge in [-0.3, -0.25) is 9.88 Å². The van der Waals surface area contributed by atoms with E-state index in [2.05, 4.69) is 69.8 Å². The van der Waals surface area contributed by atoms with Gasteiger partial charge in [0, 0.05) is 30.2 Å². The van der Waals surface area contributed by atoms with E-state index in [0.29, 0.717) is 12.1 Å². The van der Waals surface area contributed by atoms with E-state index in [-0.39, 0.29) is 0 Å². The number of nitrogens with one attached hydrogen (secondary N) is 1. The first-order valence-electron chi connectivity index (χ1n) is 9.75. The molecule has 2 unspecified atom stereocenters. The maximum atomic E-state index is 4.32. The minimum Gasteiger partial charge on any atom is -0.380 e. The van der Waals surface area contributed by atoms with Crippen molar-refractivity contribution in [1.29, 1.82) is 0 Å². The summed E-state index contributed by atoms with van der Waals surface area (Å²) in [6.07, 6.45) is 7.59. The Balaban J connectivity index is 1.42. The third-order valence-electron chi connectivity index (χ3n) is 6.22. The zero-order valence-electron chi connectivity index (χ0n) is 15.0. The summed E-state index contributed by atoms with van der Waals surface area (Å²) in [6, 6.07) is 20.7. The fourth-order valence-electron chi connectivity index (χ4n) is 4.85. The first kappa shape index (κ1) is 15.8. The van der Waals surface area contributed by atoms with Gasteiger partial charge in [-0.1, -0.05) is 36.4 Å². The van der Waals surface area contributed by atoms with E-state index in [4.69, 9.17) is 0 Å². The van der Waals surface area contributed by atoms with E-state index in [1.54, 1.807) is 0 Å². The van der Waals surface area contributed by atoms with Crippen molar-refractivity contribution in [2.75, 3.05) is 18.4 Å². The Kier molecular flexibility index (Phi) is 4.10. The monoisotopic (exact) mass is 343 g/mol. The number of anilines is 1. The number of hydrogen-bond acceptors (Lipinski definition) is 3. The second-order valence-electron chi connectivity index (χ2n) is 7.74. The maximum absolute atomic E-state index is 4.32. The van der Waals surface area contributed by atoms with Crippen LogP contribution in [0.3, 0.4) is 0 Å². The summed E-state index contributed by atoms with van der Waals surface area (Å²) < 4.78 is 0. The molecule has 0 radical (unpaired) electrons. The molecule has 3 saturated heterocycles. The summed E-state index contributed by atoms with van der Waals surface area (Å²) in [7, 11) is 0. The molecule has 26 heavy (non-hydrogen) atoms. The summed E-state index contributed by atoms with van der Waals surface area (Å²) in [5, 5.41) is 6.53. The van der Waals surface area contributed by atoms with Gasteiger partial charge in [0.15, 0.2) is 0 Å². The van der Waals surface area contributed by atoms with Gasteiger partial charge >= 0.3 is 0 Å². The van der Waals surface area contributed by atoms with Crippen molar-refractivity contribution in [2.24, 2.45) is 5.92 Å². The van der Waals surface area contributed by atoms with Crippen LogP contribution in [0.5, 0.6) is 0 Å². The number of aromatic nitrogens is 1. The molecule has 0 aliphatic carbocycles. The zero-order valence-corrected chi connectivity index (χ0v) is 15.0. The lowest BCUT2D eigenvalue weighted by molar-refractivity contribution is 0.0365. The minimum atomic E-state index is 0.513. The van der Waals surface area contributed by atoms with Crippen LogP contribution in [0, 0.1) is 5.92 Å². The third-order valence-corrected chi connectivity index (χ3v) is 6.22. The van der Waals surface area contributed by atoms with Crippen molar-refractivity contribution in [2.45, 2.75) is 31.3 Å². The molecular formula is C23H25N3. The Bertz CT molecular complexity index is 884. The molecule has 0 amide bonds. The maximum Gasteiger partial charge on any atom is 0.0449 e. The molecule has 3 aromatic rings. The summed E-state index contributed by atoms with van der Waals surface area (Å²) in [5.74, 6) is 0.771. The van der Waals surface area contributed by atoms with Crippen molar-refractivity contribution in [3.8, 4) is 0 Å². The molecule has 2 atom stereocenters. The fraction of sp³-hybridized carbons (Fsp3) is 0.348. The Morgan fingerprint density at radius 3 is 2.62 bits per heavy atom. The summed E-state index contributed by atoms with van der Waals surface area (Å²) in [4.78, 5) is 7.00. The Morgan fingerprint density at radius 2 is 1.81 bits per heavy atom. The molecular weight excluding hydrogens is 318 g/mol. The second kappa shape index (κ2) is 6.73. The van der Waals surface area contributed by atoms with Crippen LogP contribution in [-0.4, -0.2) is 35.1 Å². The van der Waals surface area contributed by atoms with E-state index in [1.165, 1.54) is 48.0 Å². The molecule has 2 aromatic carbocycles. The van der Waals surface area contributed by atoms with E-state index < -0.39 is 0 Å². The molecule has 4 heterocycles. The fourth-order valence-corrected chi connectivity index (χ4v) is 4.85. The molecule has 2 bridgehead atoms. The number of piperidine rings is 3. The predicted molar refractivity (Wildman–Crippen MR) is 107 cm³/mol. The van der Waals surface area contributed by atoms with Crippen molar-refractivity contribution >= 4 is 16.5 Å². The SMILES string of the molecule is c1cncc(CC2C(Nc3ccc4ccccc4c3)C3CCN2CC3)c1. The van der Waals surface area contributed by atoms with Crippen LogP contribution < -0.4 is 5.32 Å². The molecule has 1 N–H and O–H groups in total. The van der Waals surface area contributed by atoms with E-state index in [1.807, 2.05) is 12.4 Å². The Labute approximate surface area is 155 Å². The van der Waals surface area contributed by atoms with Crippen LogP contribution in [0.25, 0.3) is 10.8 Å². The molecule has 3 nitrogen and oxygen atoms in total. The normalized spacial score (nSPS) is 27.5. The Hall–Kier alpha value is -2.39. The summed E-state index contributed by atoms with van der Waals surface area (Å²) in [6.45, 7) is 2.48. The lowest BCUT2D eigenvalue weighted by Gasteiger charge is -2.51. The number of fused-ring (bicyclic) bond motifs is 4. The number of pyridine rings is 1. The first-order valence-corrected chi connectivity index (χ1v) is 9.75. The minimum absolute atomic E-state index is 0.513. The molecule has 3 heteroatoms. The average Bonchev–Trinajstić information content (AvgIpc) is 2.71. The molecule has 1 aromatic heterocycles. The zero-order chi connectivity index (χ0) is 17.3. The highest BCUT2D eigenvalue weighted by Gasteiger charge is 2.42. The molecule has 0 saturated carbocycles.